The molecule has 0 radical (unpaired) electrons. The van der Waals surface area contributed by atoms with E-state index in [2.05, 4.69) is 11.4 Å². The highest BCUT2D eigenvalue weighted by Gasteiger charge is 2.27. The lowest BCUT2D eigenvalue weighted by Crippen LogP contribution is -2.44. The predicted molar refractivity (Wildman–Crippen MR) is 99.6 cm³/mol. The fourth-order valence-electron chi connectivity index (χ4n) is 3.64. The van der Waals surface area contributed by atoms with Crippen molar-refractivity contribution in [1.29, 1.82) is 0 Å². The number of piperidine rings is 1. The summed E-state index contributed by atoms with van der Waals surface area (Å²) in [6.07, 6.45) is 6.79. The molecule has 2 atom stereocenters. The number of hydrogen-bond donors (Lipinski definition) is 2. The molecule has 1 aliphatic heterocycles. The van der Waals surface area contributed by atoms with Gasteiger partial charge >= 0.3 is 6.03 Å². The van der Waals surface area contributed by atoms with Gasteiger partial charge in [-0.15, -0.1) is 11.8 Å². The van der Waals surface area contributed by atoms with E-state index in [1.165, 1.54) is 30.6 Å². The van der Waals surface area contributed by atoms with Crippen molar-refractivity contribution in [2.75, 3.05) is 18.4 Å². The van der Waals surface area contributed by atoms with E-state index < -0.39 is 0 Å². The average molecular weight is 349 g/mol. The zero-order valence-corrected chi connectivity index (χ0v) is 15.2. The third-order valence-corrected chi connectivity index (χ3v) is 6.57. The lowest BCUT2D eigenvalue weighted by atomic mass is 9.94. The van der Waals surface area contributed by atoms with Gasteiger partial charge in [0.15, 0.2) is 0 Å². The molecular weight excluding hydrogens is 320 g/mol. The number of hydrogen-bond acceptors (Lipinski definition) is 3. The van der Waals surface area contributed by atoms with E-state index in [1.807, 2.05) is 41.8 Å². The zero-order valence-electron chi connectivity index (χ0n) is 14.4. The van der Waals surface area contributed by atoms with Gasteiger partial charge in [0.05, 0.1) is 11.8 Å². The lowest BCUT2D eigenvalue weighted by molar-refractivity contribution is 0.0766. The van der Waals surface area contributed by atoms with Crippen LogP contribution < -0.4 is 5.32 Å². The van der Waals surface area contributed by atoms with Crippen LogP contribution in [-0.2, 0) is 0 Å². The average Bonchev–Trinajstić information content (AvgIpc) is 3.10. The molecule has 5 heteroatoms. The van der Waals surface area contributed by atoms with E-state index in [4.69, 9.17) is 0 Å². The predicted octanol–water partition coefficient (Wildman–Crippen LogP) is 4.35. The highest BCUT2D eigenvalue weighted by molar-refractivity contribution is 8.00. The quantitative estimate of drug-likeness (QED) is 0.851. The molecule has 4 nitrogen and oxygen atoms in total. The van der Waals surface area contributed by atoms with Crippen LogP contribution in [0.4, 0.5) is 10.5 Å². The van der Waals surface area contributed by atoms with E-state index in [1.54, 1.807) is 0 Å². The fraction of sp³-hybridized carbons (Fsp3) is 0.632. The summed E-state index contributed by atoms with van der Waals surface area (Å²) in [7, 11) is 0. The molecule has 132 valence electrons. The Hall–Kier alpha value is -1.20. The third-order valence-electron chi connectivity index (χ3n) is 5.15. The van der Waals surface area contributed by atoms with Gasteiger partial charge in [-0.3, -0.25) is 0 Å². The number of thioether (sulfide) groups is 1. The van der Waals surface area contributed by atoms with Crippen molar-refractivity contribution in [2.45, 2.75) is 61.7 Å². The number of carbonyl (C=O) groups excluding carboxylic acids is 1. The first kappa shape index (κ1) is 17.6. The maximum Gasteiger partial charge on any atom is 0.321 e. The summed E-state index contributed by atoms with van der Waals surface area (Å²) in [6, 6.07) is 8.07. The molecule has 0 bridgehead atoms. The number of carbonyl (C=O) groups is 1. The summed E-state index contributed by atoms with van der Waals surface area (Å²) >= 11 is 1.90. The molecule has 0 aromatic heterocycles. The molecular formula is C19H28N2O2S. The number of nitrogens with zero attached hydrogens (tertiary/aromatic N) is 1. The minimum absolute atomic E-state index is 0.0418. The summed E-state index contributed by atoms with van der Waals surface area (Å²) in [5, 5.41) is 13.6. The summed E-state index contributed by atoms with van der Waals surface area (Å²) in [5.74, 6) is 0.188. The second-order valence-electron chi connectivity index (χ2n) is 7.04. The van der Waals surface area contributed by atoms with Crippen LogP contribution in [0, 0.1) is 5.92 Å². The third kappa shape index (κ3) is 4.45. The van der Waals surface area contributed by atoms with Gasteiger partial charge in [-0.2, -0.15) is 0 Å². The smallest absolute Gasteiger partial charge is 0.321 e. The summed E-state index contributed by atoms with van der Waals surface area (Å²) in [6.45, 7) is 3.23. The maximum atomic E-state index is 12.6. The van der Waals surface area contributed by atoms with Crippen LogP contribution in [0.15, 0.2) is 29.2 Å². The van der Waals surface area contributed by atoms with Crippen molar-refractivity contribution >= 4 is 23.5 Å². The fourth-order valence-corrected chi connectivity index (χ4v) is 4.97. The van der Waals surface area contributed by atoms with Gasteiger partial charge in [0, 0.05) is 29.2 Å². The number of urea groups is 1. The molecule has 2 N–H and O–H groups in total. The van der Waals surface area contributed by atoms with Gasteiger partial charge in [-0.05, 0) is 44.7 Å². The first-order chi connectivity index (χ1) is 11.6. The Labute approximate surface area is 149 Å². The number of aliphatic hydroxyl groups excluding tert-OH is 1. The number of anilines is 1. The van der Waals surface area contributed by atoms with E-state index in [-0.39, 0.29) is 18.1 Å². The van der Waals surface area contributed by atoms with Crippen molar-refractivity contribution < 1.29 is 9.90 Å². The Morgan fingerprint density at radius 2 is 2.00 bits per heavy atom. The largest absolute Gasteiger partial charge is 0.393 e. The molecule has 1 aromatic carbocycles. The topological polar surface area (TPSA) is 52.6 Å². The lowest BCUT2D eigenvalue weighted by Gasteiger charge is -2.34. The Kier molecular flexibility index (Phi) is 6.06. The zero-order chi connectivity index (χ0) is 16.9. The first-order valence-electron chi connectivity index (χ1n) is 9.13. The Balaban J connectivity index is 1.63. The van der Waals surface area contributed by atoms with E-state index in [9.17, 15) is 9.90 Å². The van der Waals surface area contributed by atoms with Crippen LogP contribution in [0.2, 0.25) is 0 Å². The highest BCUT2D eigenvalue weighted by Crippen LogP contribution is 2.38. The molecule has 1 saturated carbocycles. The van der Waals surface area contributed by atoms with Crippen molar-refractivity contribution in [3.63, 3.8) is 0 Å². The molecule has 3 rings (SSSR count). The normalized spacial score (nSPS) is 23.2. The minimum Gasteiger partial charge on any atom is -0.393 e. The molecule has 0 spiro atoms. The van der Waals surface area contributed by atoms with Gasteiger partial charge < -0.3 is 15.3 Å². The SMILES string of the molecule is CC(O)C1CCCN(C(=O)Nc2ccccc2SC2CCCC2)C1. The summed E-state index contributed by atoms with van der Waals surface area (Å²) in [4.78, 5) is 15.7. The van der Waals surface area contributed by atoms with Crippen LogP contribution in [0.25, 0.3) is 0 Å². The second-order valence-corrected chi connectivity index (χ2v) is 8.38. The Morgan fingerprint density at radius 3 is 2.75 bits per heavy atom. The molecule has 1 aromatic rings. The van der Waals surface area contributed by atoms with Crippen LogP contribution in [-0.4, -0.2) is 40.5 Å². The Morgan fingerprint density at radius 1 is 1.25 bits per heavy atom. The van der Waals surface area contributed by atoms with Crippen molar-refractivity contribution in [2.24, 2.45) is 5.92 Å². The number of nitrogens with one attached hydrogen (secondary N) is 1. The van der Waals surface area contributed by atoms with Crippen LogP contribution in [0.5, 0.6) is 0 Å². The van der Waals surface area contributed by atoms with E-state index >= 15 is 0 Å². The minimum atomic E-state index is -0.356. The maximum absolute atomic E-state index is 12.6. The van der Waals surface area contributed by atoms with Gasteiger partial charge in [0.25, 0.3) is 0 Å². The molecule has 2 aliphatic rings. The van der Waals surface area contributed by atoms with Gasteiger partial charge in [-0.1, -0.05) is 25.0 Å². The first-order valence-corrected chi connectivity index (χ1v) is 10.0. The Bertz CT molecular complexity index is 558. The van der Waals surface area contributed by atoms with Crippen molar-refractivity contribution in [3.8, 4) is 0 Å². The van der Waals surface area contributed by atoms with Crippen LogP contribution >= 0.6 is 11.8 Å². The second kappa shape index (κ2) is 8.26. The summed E-state index contributed by atoms with van der Waals surface area (Å²) in [5.41, 5.74) is 0.915. The van der Waals surface area contributed by atoms with Gasteiger partial charge in [-0.25, -0.2) is 4.79 Å². The summed E-state index contributed by atoms with van der Waals surface area (Å²) < 4.78 is 0. The highest BCUT2D eigenvalue weighted by atomic mass is 32.2. The monoisotopic (exact) mass is 348 g/mol. The number of likely N-dealkylation sites (tertiary alicyclic amines) is 1. The number of rotatable bonds is 4. The molecule has 24 heavy (non-hydrogen) atoms. The molecule has 1 aliphatic carbocycles. The molecule has 2 amide bonds. The number of para-hydroxylation sites is 1. The molecule has 1 heterocycles. The molecule has 2 unspecified atom stereocenters. The van der Waals surface area contributed by atoms with E-state index in [0.717, 1.165) is 25.1 Å². The van der Waals surface area contributed by atoms with Gasteiger partial charge in [0.2, 0.25) is 0 Å². The van der Waals surface area contributed by atoms with Crippen LogP contribution in [0.1, 0.15) is 45.4 Å². The number of benzene rings is 1. The number of amides is 2. The standard InChI is InChI=1S/C19H28N2O2S/c1-14(22)15-7-6-12-21(13-15)19(23)20-17-10-4-5-11-18(17)24-16-8-2-3-9-16/h4-5,10-11,14-16,22H,2-3,6-9,12-13H2,1H3,(H,20,23). The molecule has 2 fully saturated rings. The molecule has 1 saturated heterocycles. The number of aliphatic hydroxyl groups is 1. The van der Waals surface area contributed by atoms with E-state index in [0.29, 0.717) is 11.8 Å². The van der Waals surface area contributed by atoms with Crippen molar-refractivity contribution in [3.05, 3.63) is 24.3 Å². The van der Waals surface area contributed by atoms with Gasteiger partial charge in [0.1, 0.15) is 0 Å². The van der Waals surface area contributed by atoms with Crippen molar-refractivity contribution in [1.82, 2.24) is 4.90 Å². The van der Waals surface area contributed by atoms with Crippen LogP contribution in [0.3, 0.4) is 0 Å².